The van der Waals surface area contributed by atoms with Crippen LogP contribution in [-0.4, -0.2) is 36.5 Å². The Labute approximate surface area is 131 Å². The number of likely N-dealkylation sites (N-methyl/N-ethyl adjacent to an activating group) is 1. The number of nitriles is 1. The second kappa shape index (κ2) is 9.53. The fourth-order valence-electron chi connectivity index (χ4n) is 1.93. The van der Waals surface area contributed by atoms with E-state index in [1.807, 2.05) is 42.2 Å². The maximum atomic E-state index is 11.8. The number of carbonyl (C=O) groups excluding carboxylic acids is 2. The lowest BCUT2D eigenvalue weighted by molar-refractivity contribution is -0.121. The van der Waals surface area contributed by atoms with Crippen molar-refractivity contribution >= 4 is 11.9 Å². The summed E-state index contributed by atoms with van der Waals surface area (Å²) in [5, 5.41) is 13.7. The molecule has 22 heavy (non-hydrogen) atoms. The van der Waals surface area contributed by atoms with Crippen molar-refractivity contribution in [3.63, 3.8) is 0 Å². The summed E-state index contributed by atoms with van der Waals surface area (Å²) in [6, 6.07) is 11.1. The van der Waals surface area contributed by atoms with Crippen molar-refractivity contribution in [2.75, 3.05) is 19.6 Å². The Hall–Kier alpha value is -2.39. The van der Waals surface area contributed by atoms with Crippen LogP contribution in [0.5, 0.6) is 0 Å². The number of hydrogen-bond donors (Lipinski definition) is 2. The third kappa shape index (κ3) is 6.86. The SMILES string of the molecule is CCN(CC(=O)NC(=O)NCc1ccccc1)CC(C)C#N. The van der Waals surface area contributed by atoms with E-state index in [2.05, 4.69) is 16.7 Å². The number of amides is 3. The molecule has 3 amide bonds. The quantitative estimate of drug-likeness (QED) is 0.799. The molecule has 0 spiro atoms. The first kappa shape index (κ1) is 17.7. The summed E-state index contributed by atoms with van der Waals surface area (Å²) in [5.41, 5.74) is 0.961. The normalized spacial score (nSPS) is 11.5. The molecule has 0 aliphatic rings. The highest BCUT2D eigenvalue weighted by Gasteiger charge is 2.14. The number of rotatable bonds is 7. The molecule has 118 valence electrons. The molecule has 0 aliphatic heterocycles. The molecule has 1 unspecified atom stereocenters. The zero-order valence-corrected chi connectivity index (χ0v) is 13.0. The average Bonchev–Trinajstić information content (AvgIpc) is 2.53. The highest BCUT2D eigenvalue weighted by Crippen LogP contribution is 1.98. The number of carbonyl (C=O) groups is 2. The van der Waals surface area contributed by atoms with Gasteiger partial charge < -0.3 is 5.32 Å². The first-order valence-electron chi connectivity index (χ1n) is 7.28. The highest BCUT2D eigenvalue weighted by atomic mass is 16.2. The molecule has 0 aliphatic carbocycles. The molecular formula is C16H22N4O2. The Balaban J connectivity index is 2.34. The summed E-state index contributed by atoms with van der Waals surface area (Å²) in [4.78, 5) is 25.3. The maximum Gasteiger partial charge on any atom is 0.321 e. The lowest BCUT2D eigenvalue weighted by atomic mass is 10.2. The highest BCUT2D eigenvalue weighted by molar-refractivity contribution is 5.95. The Morgan fingerprint density at radius 1 is 1.32 bits per heavy atom. The lowest BCUT2D eigenvalue weighted by Crippen LogP contribution is -2.45. The Morgan fingerprint density at radius 2 is 2.00 bits per heavy atom. The maximum absolute atomic E-state index is 11.8. The van der Waals surface area contributed by atoms with Crippen molar-refractivity contribution in [1.29, 1.82) is 5.26 Å². The molecule has 6 heteroatoms. The number of hydrogen-bond acceptors (Lipinski definition) is 4. The second-order valence-electron chi connectivity index (χ2n) is 5.07. The predicted molar refractivity (Wildman–Crippen MR) is 83.7 cm³/mol. The minimum atomic E-state index is -0.516. The van der Waals surface area contributed by atoms with E-state index in [1.54, 1.807) is 6.92 Å². The van der Waals surface area contributed by atoms with Crippen molar-refractivity contribution < 1.29 is 9.59 Å². The zero-order chi connectivity index (χ0) is 16.4. The van der Waals surface area contributed by atoms with Crippen LogP contribution in [0.3, 0.4) is 0 Å². The van der Waals surface area contributed by atoms with E-state index in [0.717, 1.165) is 5.56 Å². The third-order valence-corrected chi connectivity index (χ3v) is 3.12. The van der Waals surface area contributed by atoms with E-state index in [0.29, 0.717) is 19.6 Å². The number of nitrogens with zero attached hydrogens (tertiary/aromatic N) is 2. The molecule has 0 saturated carbocycles. The number of nitrogens with one attached hydrogen (secondary N) is 2. The van der Waals surface area contributed by atoms with Gasteiger partial charge in [0.05, 0.1) is 18.5 Å². The van der Waals surface area contributed by atoms with Crippen LogP contribution in [0.1, 0.15) is 19.4 Å². The topological polar surface area (TPSA) is 85.2 Å². The van der Waals surface area contributed by atoms with Crippen molar-refractivity contribution in [3.05, 3.63) is 35.9 Å². The van der Waals surface area contributed by atoms with Crippen molar-refractivity contribution in [3.8, 4) is 6.07 Å². The number of benzene rings is 1. The van der Waals surface area contributed by atoms with Gasteiger partial charge >= 0.3 is 6.03 Å². The monoisotopic (exact) mass is 302 g/mol. The third-order valence-electron chi connectivity index (χ3n) is 3.12. The van der Waals surface area contributed by atoms with E-state index in [4.69, 9.17) is 5.26 Å². The molecule has 1 aromatic rings. The molecule has 2 N–H and O–H groups in total. The van der Waals surface area contributed by atoms with Gasteiger partial charge in [0.1, 0.15) is 0 Å². The van der Waals surface area contributed by atoms with Gasteiger partial charge in [-0.1, -0.05) is 37.3 Å². The molecule has 0 heterocycles. The Morgan fingerprint density at radius 3 is 2.59 bits per heavy atom. The predicted octanol–water partition coefficient (Wildman–Crippen LogP) is 1.49. The largest absolute Gasteiger partial charge is 0.334 e. The average molecular weight is 302 g/mol. The number of urea groups is 1. The fourth-order valence-corrected chi connectivity index (χ4v) is 1.93. The van der Waals surface area contributed by atoms with Crippen LogP contribution in [0, 0.1) is 17.2 Å². The summed E-state index contributed by atoms with van der Waals surface area (Å²) in [5.74, 6) is -0.530. The minimum absolute atomic E-state index is 0.0985. The van der Waals surface area contributed by atoms with Crippen LogP contribution < -0.4 is 10.6 Å². The molecule has 0 saturated heterocycles. The molecule has 6 nitrogen and oxygen atoms in total. The van der Waals surface area contributed by atoms with E-state index >= 15 is 0 Å². The van der Waals surface area contributed by atoms with Gasteiger partial charge in [-0.05, 0) is 19.0 Å². The zero-order valence-electron chi connectivity index (χ0n) is 13.0. The van der Waals surface area contributed by atoms with E-state index < -0.39 is 6.03 Å². The fraction of sp³-hybridized carbons (Fsp3) is 0.438. The van der Waals surface area contributed by atoms with E-state index in [1.165, 1.54) is 0 Å². The smallest absolute Gasteiger partial charge is 0.321 e. The Bertz CT molecular complexity index is 525. The van der Waals surface area contributed by atoms with Gasteiger partial charge in [0.15, 0.2) is 0 Å². The van der Waals surface area contributed by atoms with Crippen LogP contribution in [0.15, 0.2) is 30.3 Å². The van der Waals surface area contributed by atoms with Gasteiger partial charge in [0.2, 0.25) is 5.91 Å². The van der Waals surface area contributed by atoms with Crippen molar-refractivity contribution in [2.24, 2.45) is 5.92 Å². The summed E-state index contributed by atoms with van der Waals surface area (Å²) in [6.07, 6.45) is 0. The minimum Gasteiger partial charge on any atom is -0.334 e. The van der Waals surface area contributed by atoms with Gasteiger partial charge in [0.25, 0.3) is 0 Å². The molecule has 0 aromatic heterocycles. The summed E-state index contributed by atoms with van der Waals surface area (Å²) >= 11 is 0. The van der Waals surface area contributed by atoms with Crippen LogP contribution in [0.4, 0.5) is 4.79 Å². The summed E-state index contributed by atoms with van der Waals surface area (Å²) < 4.78 is 0. The summed E-state index contributed by atoms with van der Waals surface area (Å²) in [7, 11) is 0. The van der Waals surface area contributed by atoms with Crippen LogP contribution in [0.25, 0.3) is 0 Å². The van der Waals surface area contributed by atoms with Gasteiger partial charge in [-0.3, -0.25) is 15.0 Å². The van der Waals surface area contributed by atoms with Crippen LogP contribution in [0.2, 0.25) is 0 Å². The standard InChI is InChI=1S/C16H22N4O2/c1-3-20(11-13(2)9-17)12-15(21)19-16(22)18-10-14-7-5-4-6-8-14/h4-8,13H,3,10-12H2,1-2H3,(H2,18,19,21,22). The molecule has 1 rings (SSSR count). The Kier molecular flexibility index (Phi) is 7.65. The first-order chi connectivity index (χ1) is 10.5. The van der Waals surface area contributed by atoms with Crippen molar-refractivity contribution in [1.82, 2.24) is 15.5 Å². The number of imide groups is 1. The summed E-state index contributed by atoms with van der Waals surface area (Å²) in [6.45, 7) is 5.32. The van der Waals surface area contributed by atoms with Crippen molar-refractivity contribution in [2.45, 2.75) is 20.4 Å². The van der Waals surface area contributed by atoms with Crippen LogP contribution in [-0.2, 0) is 11.3 Å². The van der Waals surface area contributed by atoms with Gasteiger partial charge in [0, 0.05) is 13.1 Å². The van der Waals surface area contributed by atoms with Crippen LogP contribution >= 0.6 is 0 Å². The van der Waals surface area contributed by atoms with Gasteiger partial charge in [-0.25, -0.2) is 4.79 Å². The molecule has 0 radical (unpaired) electrons. The van der Waals surface area contributed by atoms with Gasteiger partial charge in [-0.15, -0.1) is 0 Å². The molecule has 0 fully saturated rings. The molecule has 1 aromatic carbocycles. The molecular weight excluding hydrogens is 280 g/mol. The van der Waals surface area contributed by atoms with E-state index in [-0.39, 0.29) is 18.4 Å². The van der Waals surface area contributed by atoms with E-state index in [9.17, 15) is 9.59 Å². The first-order valence-corrected chi connectivity index (χ1v) is 7.28. The van der Waals surface area contributed by atoms with Gasteiger partial charge in [-0.2, -0.15) is 5.26 Å². The second-order valence-corrected chi connectivity index (χ2v) is 5.07. The molecule has 1 atom stereocenters. The molecule has 0 bridgehead atoms. The lowest BCUT2D eigenvalue weighted by Gasteiger charge is -2.20.